The van der Waals surface area contributed by atoms with Crippen LogP contribution in [-0.2, 0) is 6.54 Å². The molecule has 2 heterocycles. The second-order valence-corrected chi connectivity index (χ2v) is 6.15. The molecule has 0 aliphatic rings. The number of hydrogen-bond acceptors (Lipinski definition) is 5. The summed E-state index contributed by atoms with van der Waals surface area (Å²) in [5, 5.41) is 0. The highest BCUT2D eigenvalue weighted by atomic mass is 32.1. The van der Waals surface area contributed by atoms with Gasteiger partial charge in [-0.1, -0.05) is 12.1 Å². The first-order valence-electron chi connectivity index (χ1n) is 7.60. The molecule has 0 unspecified atom stereocenters. The van der Waals surface area contributed by atoms with E-state index in [4.69, 9.17) is 0 Å². The summed E-state index contributed by atoms with van der Waals surface area (Å²) < 4.78 is 10.4. The molecule has 0 bridgehead atoms. The number of fused-ring (bicyclic) bond motifs is 2. The van der Waals surface area contributed by atoms with Gasteiger partial charge in [0.05, 0.1) is 29.1 Å². The lowest BCUT2D eigenvalue weighted by atomic mass is 10.2. The molecule has 2 aromatic carbocycles. The third kappa shape index (κ3) is 2.63. The highest BCUT2D eigenvalue weighted by molar-refractivity contribution is 7.00. The van der Waals surface area contributed by atoms with Crippen LogP contribution in [0.3, 0.4) is 0 Å². The van der Waals surface area contributed by atoms with E-state index >= 15 is 0 Å². The minimum absolute atomic E-state index is 0.0191. The molecule has 4 aromatic rings. The van der Waals surface area contributed by atoms with Crippen molar-refractivity contribution in [1.82, 2.24) is 23.2 Å². The van der Waals surface area contributed by atoms with Crippen LogP contribution in [0.5, 0.6) is 0 Å². The summed E-state index contributed by atoms with van der Waals surface area (Å²) >= 11 is 1.16. The molecular weight excluding hydrogens is 322 g/mol. The lowest BCUT2D eigenvalue weighted by Gasteiger charge is -2.17. The van der Waals surface area contributed by atoms with E-state index in [0.717, 1.165) is 33.8 Å². The number of carbonyl (C=O) groups is 1. The third-order valence-corrected chi connectivity index (χ3v) is 4.61. The van der Waals surface area contributed by atoms with Crippen LogP contribution in [0.2, 0.25) is 0 Å². The first kappa shape index (κ1) is 14.8. The SMILES string of the molecule is CN(CCn1cnc2ccccc21)C(=O)c1ccc2nsnc2c1. The number of rotatable bonds is 4. The summed E-state index contributed by atoms with van der Waals surface area (Å²) in [5.74, 6) is -0.0191. The first-order chi connectivity index (χ1) is 11.7. The van der Waals surface area contributed by atoms with Crippen LogP contribution in [0.1, 0.15) is 10.4 Å². The Morgan fingerprint density at radius 1 is 1.12 bits per heavy atom. The number of nitrogens with zero attached hydrogens (tertiary/aromatic N) is 5. The molecule has 6 nitrogen and oxygen atoms in total. The molecule has 24 heavy (non-hydrogen) atoms. The average Bonchev–Trinajstić information content (AvgIpc) is 3.25. The molecule has 1 amide bonds. The van der Waals surface area contributed by atoms with Gasteiger partial charge in [-0.15, -0.1) is 0 Å². The summed E-state index contributed by atoms with van der Waals surface area (Å²) in [7, 11) is 1.81. The van der Waals surface area contributed by atoms with E-state index in [1.807, 2.05) is 43.7 Å². The van der Waals surface area contributed by atoms with Crippen LogP contribution in [0, 0.1) is 0 Å². The molecular formula is C17H15N5OS. The van der Waals surface area contributed by atoms with Gasteiger partial charge < -0.3 is 9.47 Å². The van der Waals surface area contributed by atoms with Crippen molar-refractivity contribution in [2.45, 2.75) is 6.54 Å². The zero-order valence-corrected chi connectivity index (χ0v) is 13.9. The molecule has 0 atom stereocenters. The van der Waals surface area contributed by atoms with Gasteiger partial charge in [0.2, 0.25) is 0 Å². The molecule has 0 N–H and O–H groups in total. The largest absolute Gasteiger partial charge is 0.340 e. The van der Waals surface area contributed by atoms with E-state index in [0.29, 0.717) is 18.7 Å². The van der Waals surface area contributed by atoms with E-state index < -0.39 is 0 Å². The van der Waals surface area contributed by atoms with Gasteiger partial charge >= 0.3 is 0 Å². The number of amides is 1. The van der Waals surface area contributed by atoms with E-state index in [-0.39, 0.29) is 5.91 Å². The van der Waals surface area contributed by atoms with Crippen LogP contribution < -0.4 is 0 Å². The van der Waals surface area contributed by atoms with Gasteiger partial charge in [0.15, 0.2) is 0 Å². The standard InChI is InChI=1S/C17H15N5OS/c1-21(8-9-22-11-18-14-4-2-3-5-16(14)22)17(23)12-6-7-13-15(10-12)20-24-19-13/h2-7,10-11H,8-9H2,1H3. The Morgan fingerprint density at radius 3 is 2.88 bits per heavy atom. The van der Waals surface area contributed by atoms with Crippen molar-refractivity contribution in [2.24, 2.45) is 0 Å². The summed E-state index contributed by atoms with van der Waals surface area (Å²) in [6, 6.07) is 13.4. The first-order valence-corrected chi connectivity index (χ1v) is 8.33. The topological polar surface area (TPSA) is 63.9 Å². The molecule has 2 aromatic heterocycles. The second-order valence-electron chi connectivity index (χ2n) is 5.62. The molecule has 120 valence electrons. The van der Waals surface area contributed by atoms with Crippen molar-refractivity contribution in [1.29, 1.82) is 0 Å². The van der Waals surface area contributed by atoms with Crippen LogP contribution in [0.25, 0.3) is 22.1 Å². The van der Waals surface area contributed by atoms with Gasteiger partial charge in [-0.25, -0.2) is 4.98 Å². The van der Waals surface area contributed by atoms with Crippen molar-refractivity contribution in [3.05, 3.63) is 54.4 Å². The molecule has 0 spiro atoms. The Morgan fingerprint density at radius 2 is 1.96 bits per heavy atom. The van der Waals surface area contributed by atoms with Crippen molar-refractivity contribution in [3.63, 3.8) is 0 Å². The van der Waals surface area contributed by atoms with E-state index in [1.54, 1.807) is 17.0 Å². The maximum atomic E-state index is 12.6. The van der Waals surface area contributed by atoms with Crippen molar-refractivity contribution in [3.8, 4) is 0 Å². The second kappa shape index (κ2) is 6.01. The quantitative estimate of drug-likeness (QED) is 0.574. The Kier molecular flexibility index (Phi) is 3.70. The predicted octanol–water partition coefficient (Wildman–Crippen LogP) is 2.81. The highest BCUT2D eigenvalue weighted by Crippen LogP contribution is 2.15. The monoisotopic (exact) mass is 337 g/mol. The van der Waals surface area contributed by atoms with Gasteiger partial charge in [-0.05, 0) is 30.3 Å². The van der Waals surface area contributed by atoms with Crippen LogP contribution >= 0.6 is 11.7 Å². The van der Waals surface area contributed by atoms with Gasteiger partial charge in [0, 0.05) is 25.7 Å². The maximum Gasteiger partial charge on any atom is 0.253 e. The van der Waals surface area contributed by atoms with E-state index in [2.05, 4.69) is 18.3 Å². The summed E-state index contributed by atoms with van der Waals surface area (Å²) in [5.41, 5.74) is 4.26. The third-order valence-electron chi connectivity index (χ3n) is 4.05. The normalized spacial score (nSPS) is 11.2. The molecule has 0 saturated carbocycles. The number of hydrogen-bond donors (Lipinski definition) is 0. The summed E-state index contributed by atoms with van der Waals surface area (Å²) in [4.78, 5) is 18.7. The van der Waals surface area contributed by atoms with Crippen LogP contribution in [0.4, 0.5) is 0 Å². The smallest absolute Gasteiger partial charge is 0.253 e. The number of likely N-dealkylation sites (N-methyl/N-ethyl adjacent to an activating group) is 1. The van der Waals surface area contributed by atoms with E-state index in [9.17, 15) is 4.79 Å². The van der Waals surface area contributed by atoms with Crippen LogP contribution in [-0.4, -0.2) is 42.7 Å². The van der Waals surface area contributed by atoms with Crippen molar-refractivity contribution in [2.75, 3.05) is 13.6 Å². The summed E-state index contributed by atoms with van der Waals surface area (Å²) in [6.07, 6.45) is 1.82. The van der Waals surface area contributed by atoms with Gasteiger partial charge in [0.1, 0.15) is 11.0 Å². The number of para-hydroxylation sites is 2. The molecule has 0 saturated heterocycles. The average molecular weight is 337 g/mol. The zero-order valence-electron chi connectivity index (χ0n) is 13.1. The van der Waals surface area contributed by atoms with Gasteiger partial charge in [-0.2, -0.15) is 8.75 Å². The Labute approximate surface area is 142 Å². The van der Waals surface area contributed by atoms with E-state index in [1.165, 1.54) is 0 Å². The molecule has 0 radical (unpaired) electrons. The lowest BCUT2D eigenvalue weighted by molar-refractivity contribution is 0.0791. The Hall–Kier alpha value is -2.80. The number of aromatic nitrogens is 4. The molecule has 0 fully saturated rings. The molecule has 7 heteroatoms. The Bertz CT molecular complexity index is 1020. The van der Waals surface area contributed by atoms with Crippen LogP contribution in [0.15, 0.2) is 48.8 Å². The Balaban J connectivity index is 1.49. The van der Waals surface area contributed by atoms with Crippen molar-refractivity contribution < 1.29 is 4.79 Å². The molecule has 0 aliphatic heterocycles. The predicted molar refractivity (Wildman–Crippen MR) is 94.1 cm³/mol. The molecule has 4 rings (SSSR count). The fourth-order valence-electron chi connectivity index (χ4n) is 2.68. The molecule has 0 aliphatic carbocycles. The highest BCUT2D eigenvalue weighted by Gasteiger charge is 2.13. The summed E-state index contributed by atoms with van der Waals surface area (Å²) in [6.45, 7) is 1.30. The fraction of sp³-hybridized carbons (Fsp3) is 0.176. The minimum atomic E-state index is -0.0191. The minimum Gasteiger partial charge on any atom is -0.340 e. The van der Waals surface area contributed by atoms with Crippen molar-refractivity contribution >= 4 is 39.7 Å². The maximum absolute atomic E-state index is 12.6. The van der Waals surface area contributed by atoms with Gasteiger partial charge in [-0.3, -0.25) is 4.79 Å². The zero-order chi connectivity index (χ0) is 16.5. The number of carbonyl (C=O) groups excluding carboxylic acids is 1. The lowest BCUT2D eigenvalue weighted by Crippen LogP contribution is -2.30. The number of benzene rings is 2. The number of imidazole rings is 1. The van der Waals surface area contributed by atoms with Gasteiger partial charge in [0.25, 0.3) is 5.91 Å². The fourth-order valence-corrected chi connectivity index (χ4v) is 3.20.